The maximum absolute atomic E-state index is 12.2. The summed E-state index contributed by atoms with van der Waals surface area (Å²) in [5.74, 6) is 0.0512. The molecule has 4 nitrogen and oxygen atoms in total. The Balaban J connectivity index is 1.63. The third kappa shape index (κ3) is 4.61. The fourth-order valence-corrected chi connectivity index (χ4v) is 3.30. The lowest BCUT2D eigenvalue weighted by Crippen LogP contribution is -2.14. The number of para-hydroxylation sites is 1. The Bertz CT molecular complexity index is 924. The molecule has 0 fully saturated rings. The van der Waals surface area contributed by atoms with E-state index in [1.807, 2.05) is 66.7 Å². The Morgan fingerprint density at radius 3 is 2.40 bits per heavy atom. The zero-order valence-electron chi connectivity index (χ0n) is 13.8. The molecule has 0 aromatic heterocycles. The van der Waals surface area contributed by atoms with Crippen LogP contribution in [0.3, 0.4) is 0 Å². The average Bonchev–Trinajstić information content (AvgIpc) is 2.60. The molecule has 0 saturated heterocycles. The SMILES string of the molecule is CC(=O)Nc1ccccc1SCC(=O)Nc1ccc2ccccc2c1. The van der Waals surface area contributed by atoms with E-state index in [4.69, 9.17) is 0 Å². The average molecular weight is 350 g/mol. The maximum Gasteiger partial charge on any atom is 0.234 e. The van der Waals surface area contributed by atoms with Crippen LogP contribution in [-0.2, 0) is 9.59 Å². The molecular weight excluding hydrogens is 332 g/mol. The van der Waals surface area contributed by atoms with E-state index in [-0.39, 0.29) is 17.6 Å². The minimum Gasteiger partial charge on any atom is -0.325 e. The first kappa shape index (κ1) is 17.0. The van der Waals surface area contributed by atoms with Crippen LogP contribution in [0.5, 0.6) is 0 Å². The van der Waals surface area contributed by atoms with Gasteiger partial charge in [-0.3, -0.25) is 9.59 Å². The number of rotatable bonds is 5. The topological polar surface area (TPSA) is 58.2 Å². The smallest absolute Gasteiger partial charge is 0.234 e. The van der Waals surface area contributed by atoms with E-state index in [1.54, 1.807) is 0 Å². The monoisotopic (exact) mass is 350 g/mol. The van der Waals surface area contributed by atoms with Gasteiger partial charge in [-0.2, -0.15) is 0 Å². The van der Waals surface area contributed by atoms with Crippen LogP contribution in [0.25, 0.3) is 10.8 Å². The number of benzene rings is 3. The van der Waals surface area contributed by atoms with E-state index in [0.717, 1.165) is 27.0 Å². The van der Waals surface area contributed by atoms with Gasteiger partial charge in [0.1, 0.15) is 0 Å². The van der Waals surface area contributed by atoms with Gasteiger partial charge in [0.25, 0.3) is 0 Å². The normalized spacial score (nSPS) is 10.4. The van der Waals surface area contributed by atoms with Gasteiger partial charge in [0.05, 0.1) is 11.4 Å². The molecule has 0 heterocycles. The number of anilines is 2. The molecule has 0 radical (unpaired) electrons. The molecule has 2 N–H and O–H groups in total. The van der Waals surface area contributed by atoms with Crippen LogP contribution in [0.2, 0.25) is 0 Å². The van der Waals surface area contributed by atoms with Gasteiger partial charge in [0, 0.05) is 17.5 Å². The second-order valence-electron chi connectivity index (χ2n) is 5.58. The zero-order valence-corrected chi connectivity index (χ0v) is 14.6. The van der Waals surface area contributed by atoms with Crippen LogP contribution in [-0.4, -0.2) is 17.6 Å². The number of amides is 2. The number of fused-ring (bicyclic) bond motifs is 1. The summed E-state index contributed by atoms with van der Waals surface area (Å²) in [6.07, 6.45) is 0. The summed E-state index contributed by atoms with van der Waals surface area (Å²) in [5, 5.41) is 7.92. The summed E-state index contributed by atoms with van der Waals surface area (Å²) in [6.45, 7) is 1.47. The van der Waals surface area contributed by atoms with Crippen molar-refractivity contribution in [1.82, 2.24) is 0 Å². The molecular formula is C20H18N2O2S. The molecule has 5 heteroatoms. The number of carbonyl (C=O) groups is 2. The van der Waals surface area contributed by atoms with Gasteiger partial charge in [0.2, 0.25) is 11.8 Å². The largest absolute Gasteiger partial charge is 0.325 e. The highest BCUT2D eigenvalue weighted by Gasteiger charge is 2.08. The number of nitrogens with one attached hydrogen (secondary N) is 2. The van der Waals surface area contributed by atoms with Gasteiger partial charge in [-0.1, -0.05) is 42.5 Å². The van der Waals surface area contributed by atoms with E-state index < -0.39 is 0 Å². The summed E-state index contributed by atoms with van der Waals surface area (Å²) >= 11 is 1.39. The van der Waals surface area contributed by atoms with Crippen molar-refractivity contribution in [1.29, 1.82) is 0 Å². The minimum absolute atomic E-state index is 0.0853. The molecule has 0 atom stereocenters. The predicted molar refractivity (Wildman–Crippen MR) is 104 cm³/mol. The molecule has 0 aliphatic heterocycles. The minimum atomic E-state index is -0.131. The zero-order chi connectivity index (χ0) is 17.6. The van der Waals surface area contributed by atoms with Crippen molar-refractivity contribution >= 4 is 45.7 Å². The highest BCUT2D eigenvalue weighted by atomic mass is 32.2. The van der Waals surface area contributed by atoms with E-state index in [9.17, 15) is 9.59 Å². The van der Waals surface area contributed by atoms with Crippen LogP contribution >= 0.6 is 11.8 Å². The van der Waals surface area contributed by atoms with Crippen molar-refractivity contribution in [3.63, 3.8) is 0 Å². The molecule has 0 unspecified atom stereocenters. The number of hydrogen-bond donors (Lipinski definition) is 2. The lowest BCUT2D eigenvalue weighted by atomic mass is 10.1. The van der Waals surface area contributed by atoms with Crippen LogP contribution in [0.15, 0.2) is 71.6 Å². The Morgan fingerprint density at radius 1 is 0.880 bits per heavy atom. The Morgan fingerprint density at radius 2 is 1.60 bits per heavy atom. The van der Waals surface area contributed by atoms with Gasteiger partial charge in [-0.25, -0.2) is 0 Å². The molecule has 3 aromatic rings. The van der Waals surface area contributed by atoms with E-state index in [0.29, 0.717) is 0 Å². The molecule has 25 heavy (non-hydrogen) atoms. The standard InChI is InChI=1S/C20H18N2O2S/c1-14(23)21-18-8-4-5-9-19(18)25-13-20(24)22-17-11-10-15-6-2-3-7-16(15)12-17/h2-12H,13H2,1H3,(H,21,23)(H,22,24). The first-order valence-electron chi connectivity index (χ1n) is 7.90. The van der Waals surface area contributed by atoms with Crippen molar-refractivity contribution in [2.45, 2.75) is 11.8 Å². The second kappa shape index (κ2) is 7.85. The highest BCUT2D eigenvalue weighted by Crippen LogP contribution is 2.27. The Hall–Kier alpha value is -2.79. The van der Waals surface area contributed by atoms with Gasteiger partial charge >= 0.3 is 0 Å². The van der Waals surface area contributed by atoms with Gasteiger partial charge in [-0.15, -0.1) is 11.8 Å². The number of carbonyl (C=O) groups excluding carboxylic acids is 2. The lowest BCUT2D eigenvalue weighted by molar-refractivity contribution is -0.114. The van der Waals surface area contributed by atoms with Crippen LogP contribution in [0.1, 0.15) is 6.92 Å². The summed E-state index contributed by atoms with van der Waals surface area (Å²) in [5.41, 5.74) is 1.50. The lowest BCUT2D eigenvalue weighted by Gasteiger charge is -2.10. The van der Waals surface area contributed by atoms with Crippen molar-refractivity contribution in [3.8, 4) is 0 Å². The van der Waals surface area contributed by atoms with Crippen LogP contribution < -0.4 is 10.6 Å². The van der Waals surface area contributed by atoms with Crippen molar-refractivity contribution < 1.29 is 9.59 Å². The second-order valence-corrected chi connectivity index (χ2v) is 6.59. The molecule has 126 valence electrons. The molecule has 0 spiro atoms. The van der Waals surface area contributed by atoms with Crippen LogP contribution in [0.4, 0.5) is 11.4 Å². The summed E-state index contributed by atoms with van der Waals surface area (Å²) < 4.78 is 0. The fourth-order valence-electron chi connectivity index (χ4n) is 2.49. The number of thioether (sulfide) groups is 1. The first-order chi connectivity index (χ1) is 12.1. The molecule has 3 rings (SSSR count). The third-order valence-electron chi connectivity index (χ3n) is 3.59. The van der Waals surface area contributed by atoms with E-state index in [1.165, 1.54) is 18.7 Å². The van der Waals surface area contributed by atoms with E-state index in [2.05, 4.69) is 10.6 Å². The van der Waals surface area contributed by atoms with E-state index >= 15 is 0 Å². The molecule has 2 amide bonds. The number of hydrogen-bond acceptors (Lipinski definition) is 3. The first-order valence-corrected chi connectivity index (χ1v) is 8.88. The van der Waals surface area contributed by atoms with Crippen molar-refractivity contribution in [2.24, 2.45) is 0 Å². The third-order valence-corrected chi connectivity index (χ3v) is 4.66. The van der Waals surface area contributed by atoms with Gasteiger partial charge < -0.3 is 10.6 Å². The highest BCUT2D eigenvalue weighted by molar-refractivity contribution is 8.00. The summed E-state index contributed by atoms with van der Waals surface area (Å²) in [6, 6.07) is 21.3. The Labute approximate surface area is 150 Å². The molecule has 0 saturated carbocycles. The predicted octanol–water partition coefficient (Wildman–Crippen LogP) is 4.53. The molecule has 3 aromatic carbocycles. The van der Waals surface area contributed by atoms with Gasteiger partial charge in [0.15, 0.2) is 0 Å². The maximum atomic E-state index is 12.2. The fraction of sp³-hybridized carbons (Fsp3) is 0.100. The molecule has 0 aliphatic rings. The Kier molecular flexibility index (Phi) is 5.36. The van der Waals surface area contributed by atoms with Crippen molar-refractivity contribution in [3.05, 3.63) is 66.7 Å². The molecule has 0 bridgehead atoms. The van der Waals surface area contributed by atoms with Crippen LogP contribution in [0, 0.1) is 0 Å². The van der Waals surface area contributed by atoms with Gasteiger partial charge in [-0.05, 0) is 35.0 Å². The summed E-state index contributed by atoms with van der Waals surface area (Å²) in [4.78, 5) is 24.4. The quantitative estimate of drug-likeness (QED) is 0.665. The van der Waals surface area contributed by atoms with Crippen molar-refractivity contribution in [2.75, 3.05) is 16.4 Å². The molecule has 0 aliphatic carbocycles. The summed E-state index contributed by atoms with van der Waals surface area (Å²) in [7, 11) is 0.